The highest BCUT2D eigenvalue weighted by atomic mass is 31.2. The van der Waals surface area contributed by atoms with Crippen molar-refractivity contribution < 1.29 is 80.2 Å². The minimum absolute atomic E-state index is 0.105. The lowest BCUT2D eigenvalue weighted by Crippen LogP contribution is -2.30. The van der Waals surface area contributed by atoms with E-state index in [-0.39, 0.29) is 25.7 Å². The highest BCUT2D eigenvalue weighted by molar-refractivity contribution is 7.47. The standard InChI is InChI=1S/C78H152O17P2/c1-7-11-13-15-17-19-21-22-23-24-25-29-32-36-43-49-55-61-76(81)89-66-73(94-77(82)62-56-50-44-37-33-30-27-26-28-31-34-40-46-52-58-70(5)9-3)68-92-96(84,85)90-64-72(79)65-91-97(86,87)93-69-74(67-88-75(80)60-54-48-42-35-20-18-16-14-12-8-2)95-78(83)63-57-51-45-39-38-41-47-53-59-71(6)10-4/h70-74,79H,7-69H2,1-6H3,(H,84,85)(H,86,87)/t70?,71?,72-,73-,74-/m1/s1. The van der Waals surface area contributed by atoms with Crippen molar-refractivity contribution in [3.05, 3.63) is 0 Å². The predicted octanol–water partition coefficient (Wildman–Crippen LogP) is 23.1. The molecule has 0 rings (SSSR count). The van der Waals surface area contributed by atoms with Gasteiger partial charge in [-0.05, 0) is 37.5 Å². The molecule has 0 saturated carbocycles. The van der Waals surface area contributed by atoms with Crippen molar-refractivity contribution in [2.24, 2.45) is 11.8 Å². The quantitative estimate of drug-likeness (QED) is 0.0222. The van der Waals surface area contributed by atoms with Gasteiger partial charge in [0.05, 0.1) is 26.4 Å². The Hall–Kier alpha value is -1.94. The number of rotatable bonds is 77. The smallest absolute Gasteiger partial charge is 0.462 e. The molecule has 0 radical (unpaired) electrons. The number of carbonyl (C=O) groups is 4. The van der Waals surface area contributed by atoms with Gasteiger partial charge in [-0.25, -0.2) is 9.13 Å². The second-order valence-electron chi connectivity index (χ2n) is 28.6. The van der Waals surface area contributed by atoms with Crippen molar-refractivity contribution in [2.45, 2.75) is 426 Å². The Kier molecular flexibility index (Phi) is 68.4. The van der Waals surface area contributed by atoms with Gasteiger partial charge in [-0.15, -0.1) is 0 Å². The molecule has 0 aromatic carbocycles. The molecule has 0 amide bonds. The Balaban J connectivity index is 5.24. The molecule has 0 spiro atoms. The largest absolute Gasteiger partial charge is 0.472 e. The van der Waals surface area contributed by atoms with Gasteiger partial charge in [0.2, 0.25) is 0 Å². The number of phosphoric ester groups is 2. The molecule has 17 nitrogen and oxygen atoms in total. The number of phosphoric acid groups is 2. The summed E-state index contributed by atoms with van der Waals surface area (Å²) >= 11 is 0. The number of hydrogen-bond acceptors (Lipinski definition) is 15. The van der Waals surface area contributed by atoms with Crippen LogP contribution >= 0.6 is 15.6 Å². The average molecular weight is 1420 g/mol. The van der Waals surface area contributed by atoms with Crippen molar-refractivity contribution in [1.29, 1.82) is 0 Å². The first-order chi connectivity index (χ1) is 46.9. The SMILES string of the molecule is CCCCCCCCCCCCCCCCCCCC(=O)OC[C@H](COP(=O)(O)OC[C@@H](O)COP(=O)(O)OC[C@@H](COC(=O)CCCCCCCCCCCC)OC(=O)CCCCCCCCCCC(C)CC)OC(=O)CCCCCCCCCCCCCCCCC(C)CC. The third-order valence-corrected chi connectivity index (χ3v) is 20.8. The summed E-state index contributed by atoms with van der Waals surface area (Å²) in [6.45, 7) is 9.66. The van der Waals surface area contributed by atoms with E-state index in [2.05, 4.69) is 41.5 Å². The number of esters is 4. The molecule has 4 unspecified atom stereocenters. The van der Waals surface area contributed by atoms with Crippen LogP contribution in [-0.4, -0.2) is 96.7 Å². The Bertz CT molecular complexity index is 1880. The highest BCUT2D eigenvalue weighted by Crippen LogP contribution is 2.45. The molecule has 576 valence electrons. The van der Waals surface area contributed by atoms with Crippen LogP contribution in [0.1, 0.15) is 408 Å². The number of unbranched alkanes of at least 4 members (excludes halogenated alkanes) is 45. The zero-order valence-electron chi connectivity index (χ0n) is 63.4. The summed E-state index contributed by atoms with van der Waals surface area (Å²) in [5.74, 6) is -0.498. The lowest BCUT2D eigenvalue weighted by molar-refractivity contribution is -0.161. The molecule has 0 saturated heterocycles. The zero-order chi connectivity index (χ0) is 71.4. The van der Waals surface area contributed by atoms with E-state index in [0.29, 0.717) is 25.7 Å². The predicted molar refractivity (Wildman–Crippen MR) is 395 cm³/mol. The molecule has 97 heavy (non-hydrogen) atoms. The molecule has 0 aromatic rings. The molecule has 0 aliphatic carbocycles. The van der Waals surface area contributed by atoms with Crippen LogP contribution in [-0.2, 0) is 65.4 Å². The van der Waals surface area contributed by atoms with Gasteiger partial charge in [-0.1, -0.05) is 356 Å². The summed E-state index contributed by atoms with van der Waals surface area (Å²) in [6.07, 6.45) is 58.1. The van der Waals surface area contributed by atoms with Crippen LogP contribution in [0.2, 0.25) is 0 Å². The molecule has 0 aromatic heterocycles. The molecule has 19 heteroatoms. The van der Waals surface area contributed by atoms with E-state index < -0.39 is 97.5 Å². The van der Waals surface area contributed by atoms with Gasteiger partial charge in [0, 0.05) is 25.7 Å². The van der Waals surface area contributed by atoms with Gasteiger partial charge in [-0.2, -0.15) is 0 Å². The van der Waals surface area contributed by atoms with Crippen molar-refractivity contribution in [1.82, 2.24) is 0 Å². The second-order valence-corrected chi connectivity index (χ2v) is 31.5. The highest BCUT2D eigenvalue weighted by Gasteiger charge is 2.30. The number of aliphatic hydroxyl groups excluding tert-OH is 1. The normalized spacial score (nSPS) is 14.5. The van der Waals surface area contributed by atoms with Crippen LogP contribution in [0, 0.1) is 11.8 Å². The molecule has 0 aliphatic heterocycles. The molecule has 3 N–H and O–H groups in total. The van der Waals surface area contributed by atoms with Gasteiger partial charge >= 0.3 is 39.5 Å². The number of ether oxygens (including phenoxy) is 4. The number of aliphatic hydroxyl groups is 1. The fourth-order valence-electron chi connectivity index (χ4n) is 11.9. The van der Waals surface area contributed by atoms with Gasteiger partial charge in [0.1, 0.15) is 19.3 Å². The van der Waals surface area contributed by atoms with E-state index in [1.165, 1.54) is 225 Å². The van der Waals surface area contributed by atoms with E-state index in [9.17, 15) is 43.2 Å². The first-order valence-electron chi connectivity index (χ1n) is 40.6. The Morgan fingerprint density at radius 1 is 0.289 bits per heavy atom. The van der Waals surface area contributed by atoms with Gasteiger partial charge in [0.25, 0.3) is 0 Å². The Morgan fingerprint density at radius 2 is 0.495 bits per heavy atom. The maximum Gasteiger partial charge on any atom is 0.472 e. The lowest BCUT2D eigenvalue weighted by Gasteiger charge is -2.21. The third-order valence-electron chi connectivity index (χ3n) is 18.9. The average Bonchev–Trinajstić information content (AvgIpc) is 1.39. The van der Waals surface area contributed by atoms with E-state index in [1.807, 2.05) is 0 Å². The minimum atomic E-state index is -4.96. The van der Waals surface area contributed by atoms with Crippen molar-refractivity contribution >= 4 is 39.5 Å². The van der Waals surface area contributed by atoms with E-state index in [0.717, 1.165) is 102 Å². The van der Waals surface area contributed by atoms with Crippen LogP contribution < -0.4 is 0 Å². The summed E-state index contributed by atoms with van der Waals surface area (Å²) < 4.78 is 68.6. The van der Waals surface area contributed by atoms with Gasteiger partial charge in [0.15, 0.2) is 12.2 Å². The Labute approximate surface area is 594 Å². The molecular weight excluding hydrogens is 1270 g/mol. The molecule has 0 aliphatic rings. The van der Waals surface area contributed by atoms with Crippen LogP contribution in [0.3, 0.4) is 0 Å². The van der Waals surface area contributed by atoms with Crippen molar-refractivity contribution in [2.75, 3.05) is 39.6 Å². The van der Waals surface area contributed by atoms with Crippen LogP contribution in [0.15, 0.2) is 0 Å². The van der Waals surface area contributed by atoms with Gasteiger partial charge < -0.3 is 33.8 Å². The summed E-state index contributed by atoms with van der Waals surface area (Å²) in [7, 11) is -9.91. The van der Waals surface area contributed by atoms with Crippen molar-refractivity contribution in [3.8, 4) is 0 Å². The maximum atomic E-state index is 13.1. The molecular formula is C78H152O17P2. The topological polar surface area (TPSA) is 237 Å². The van der Waals surface area contributed by atoms with Crippen LogP contribution in [0.25, 0.3) is 0 Å². The van der Waals surface area contributed by atoms with E-state index in [1.54, 1.807) is 0 Å². The molecule has 7 atom stereocenters. The summed E-state index contributed by atoms with van der Waals surface area (Å²) in [4.78, 5) is 72.9. The summed E-state index contributed by atoms with van der Waals surface area (Å²) in [6, 6.07) is 0. The van der Waals surface area contributed by atoms with E-state index >= 15 is 0 Å². The third kappa shape index (κ3) is 69.5. The van der Waals surface area contributed by atoms with Crippen molar-refractivity contribution in [3.63, 3.8) is 0 Å². The number of hydrogen-bond donors (Lipinski definition) is 3. The fourth-order valence-corrected chi connectivity index (χ4v) is 13.5. The minimum Gasteiger partial charge on any atom is -0.462 e. The summed E-state index contributed by atoms with van der Waals surface area (Å²) in [5, 5.41) is 10.6. The monoisotopic (exact) mass is 1420 g/mol. The zero-order valence-corrected chi connectivity index (χ0v) is 65.2. The van der Waals surface area contributed by atoms with E-state index in [4.69, 9.17) is 37.0 Å². The number of carbonyl (C=O) groups excluding carboxylic acids is 4. The maximum absolute atomic E-state index is 13.1. The summed E-state index contributed by atoms with van der Waals surface area (Å²) in [5.41, 5.74) is 0. The molecule has 0 heterocycles. The first kappa shape index (κ1) is 95.1. The first-order valence-corrected chi connectivity index (χ1v) is 43.6. The molecule has 0 bridgehead atoms. The molecule has 0 fully saturated rings. The Morgan fingerprint density at radius 3 is 0.732 bits per heavy atom. The lowest BCUT2D eigenvalue weighted by atomic mass is 9.99. The van der Waals surface area contributed by atoms with Crippen LogP contribution in [0.4, 0.5) is 0 Å². The fraction of sp³-hybridized carbons (Fsp3) is 0.949. The van der Waals surface area contributed by atoms with Crippen LogP contribution in [0.5, 0.6) is 0 Å². The second kappa shape index (κ2) is 69.8. The van der Waals surface area contributed by atoms with Gasteiger partial charge in [-0.3, -0.25) is 37.3 Å².